The van der Waals surface area contributed by atoms with Gasteiger partial charge >= 0.3 is 0 Å². The summed E-state index contributed by atoms with van der Waals surface area (Å²) in [6.45, 7) is 3.81. The van der Waals surface area contributed by atoms with E-state index in [1.807, 2.05) is 41.8 Å². The smallest absolute Gasteiger partial charge is 0.274 e. The predicted molar refractivity (Wildman–Crippen MR) is 91.8 cm³/mol. The summed E-state index contributed by atoms with van der Waals surface area (Å²) in [6, 6.07) is 11.1. The van der Waals surface area contributed by atoms with Gasteiger partial charge in [0, 0.05) is 18.8 Å². The quantitative estimate of drug-likeness (QED) is 0.852. The lowest BCUT2D eigenvalue weighted by Crippen LogP contribution is -2.51. The molecule has 0 bridgehead atoms. The van der Waals surface area contributed by atoms with E-state index in [1.54, 1.807) is 11.1 Å². The molecule has 2 atom stereocenters. The molecule has 0 radical (unpaired) electrons. The Hall–Kier alpha value is -2.60. The van der Waals surface area contributed by atoms with Gasteiger partial charge in [0.05, 0.1) is 25.3 Å². The second-order valence-electron chi connectivity index (χ2n) is 6.30. The number of ether oxygens (including phenoxy) is 2. The fourth-order valence-corrected chi connectivity index (χ4v) is 3.65. The van der Waals surface area contributed by atoms with E-state index in [1.165, 1.54) is 6.07 Å². The Morgan fingerprint density at radius 1 is 1.12 bits per heavy atom. The first-order valence-corrected chi connectivity index (χ1v) is 8.51. The van der Waals surface area contributed by atoms with E-state index in [0.29, 0.717) is 25.5 Å². The van der Waals surface area contributed by atoms with Crippen molar-refractivity contribution in [1.82, 2.24) is 9.47 Å². The van der Waals surface area contributed by atoms with Crippen LogP contribution in [0.15, 0.2) is 47.4 Å². The number of amides is 1. The highest BCUT2D eigenvalue weighted by atomic mass is 16.5. The molecule has 0 unspecified atom stereocenters. The van der Waals surface area contributed by atoms with Crippen molar-refractivity contribution in [2.75, 3.05) is 19.8 Å². The van der Waals surface area contributed by atoms with Crippen LogP contribution in [0, 0.1) is 0 Å². The summed E-state index contributed by atoms with van der Waals surface area (Å²) in [5.74, 6) is -0.0461. The lowest BCUT2D eigenvalue weighted by molar-refractivity contribution is 0.0568. The van der Waals surface area contributed by atoms with E-state index in [-0.39, 0.29) is 35.8 Å². The predicted octanol–water partition coefficient (Wildman–Crippen LogP) is 1.84. The van der Waals surface area contributed by atoms with Gasteiger partial charge in [-0.1, -0.05) is 30.3 Å². The third-order valence-electron chi connectivity index (χ3n) is 4.89. The first-order chi connectivity index (χ1) is 12.2. The average Bonchev–Trinajstić information content (AvgIpc) is 3.11. The molecule has 0 N–H and O–H groups in total. The molecule has 0 saturated carbocycles. The van der Waals surface area contributed by atoms with Gasteiger partial charge in [-0.15, -0.1) is 0 Å². The molecule has 3 heterocycles. The van der Waals surface area contributed by atoms with Gasteiger partial charge in [0.15, 0.2) is 11.4 Å². The zero-order valence-corrected chi connectivity index (χ0v) is 14.1. The molecule has 1 amide bonds. The van der Waals surface area contributed by atoms with Crippen molar-refractivity contribution >= 4 is 5.91 Å². The fraction of sp³-hybridized carbons (Fsp3) is 0.368. The minimum atomic E-state index is -0.274. The van der Waals surface area contributed by atoms with Gasteiger partial charge in [-0.2, -0.15) is 0 Å². The van der Waals surface area contributed by atoms with Crippen LogP contribution in [0.25, 0.3) is 0 Å². The lowest BCUT2D eigenvalue weighted by Gasteiger charge is -2.38. The van der Waals surface area contributed by atoms with Crippen LogP contribution in [0.2, 0.25) is 0 Å². The Morgan fingerprint density at radius 2 is 1.88 bits per heavy atom. The molecular weight excluding hydrogens is 320 g/mol. The SMILES string of the molecule is CCN1C(=O)c2c(OCc3ccccc3)c(=O)ccn2[C@H]2COC[C@H]21. The van der Waals surface area contributed by atoms with Crippen molar-refractivity contribution in [1.29, 1.82) is 0 Å². The number of carbonyl (C=O) groups excluding carboxylic acids is 1. The van der Waals surface area contributed by atoms with Crippen LogP contribution in [-0.4, -0.2) is 41.2 Å². The summed E-state index contributed by atoms with van der Waals surface area (Å²) in [5.41, 5.74) is 1.00. The number of rotatable bonds is 4. The summed E-state index contributed by atoms with van der Waals surface area (Å²) < 4.78 is 13.3. The average molecular weight is 340 g/mol. The molecule has 2 aliphatic rings. The van der Waals surface area contributed by atoms with Crippen molar-refractivity contribution in [2.24, 2.45) is 0 Å². The van der Waals surface area contributed by atoms with Gasteiger partial charge in [-0.3, -0.25) is 9.59 Å². The van der Waals surface area contributed by atoms with Crippen LogP contribution in [0.4, 0.5) is 0 Å². The molecule has 2 aliphatic heterocycles. The minimum absolute atomic E-state index is 0.00877. The Morgan fingerprint density at radius 3 is 2.64 bits per heavy atom. The van der Waals surface area contributed by atoms with Crippen LogP contribution >= 0.6 is 0 Å². The van der Waals surface area contributed by atoms with Crippen molar-refractivity contribution in [3.8, 4) is 5.75 Å². The van der Waals surface area contributed by atoms with Crippen LogP contribution < -0.4 is 10.2 Å². The standard InChI is InChI=1S/C19H20N2O4/c1-2-20-14-11-24-12-15(14)21-9-8-16(22)18(17(21)19(20)23)25-10-13-6-4-3-5-7-13/h3-9,14-15H,2,10-12H2,1H3/t14-,15+/m1/s1. The molecule has 0 aliphatic carbocycles. The number of carbonyl (C=O) groups is 1. The fourth-order valence-electron chi connectivity index (χ4n) is 3.65. The molecule has 1 aromatic heterocycles. The Labute approximate surface area is 145 Å². The zero-order valence-electron chi connectivity index (χ0n) is 14.1. The first kappa shape index (κ1) is 15.9. The monoisotopic (exact) mass is 340 g/mol. The van der Waals surface area contributed by atoms with E-state index in [2.05, 4.69) is 0 Å². The largest absolute Gasteiger partial charge is 0.483 e. The second-order valence-corrected chi connectivity index (χ2v) is 6.30. The summed E-state index contributed by atoms with van der Waals surface area (Å²) >= 11 is 0. The molecule has 4 rings (SSSR count). The Balaban J connectivity index is 1.75. The molecule has 6 heteroatoms. The third-order valence-corrected chi connectivity index (χ3v) is 4.89. The minimum Gasteiger partial charge on any atom is -0.483 e. The number of likely N-dealkylation sites (N-methyl/N-ethyl adjacent to an activating group) is 1. The molecule has 130 valence electrons. The maximum atomic E-state index is 13.0. The van der Waals surface area contributed by atoms with Gasteiger partial charge in [-0.05, 0) is 12.5 Å². The molecule has 1 fully saturated rings. The Kier molecular flexibility index (Phi) is 4.05. The highest BCUT2D eigenvalue weighted by Crippen LogP contribution is 2.34. The van der Waals surface area contributed by atoms with E-state index in [9.17, 15) is 9.59 Å². The summed E-state index contributed by atoms with van der Waals surface area (Å²) in [7, 11) is 0. The van der Waals surface area contributed by atoms with Gasteiger partial charge in [0.2, 0.25) is 5.43 Å². The van der Waals surface area contributed by atoms with Crippen LogP contribution in [0.3, 0.4) is 0 Å². The number of benzene rings is 1. The number of aromatic nitrogens is 1. The zero-order chi connectivity index (χ0) is 17.4. The highest BCUT2D eigenvalue weighted by Gasteiger charge is 2.43. The molecular formula is C19H20N2O4. The van der Waals surface area contributed by atoms with E-state index in [0.717, 1.165) is 5.56 Å². The Bertz CT molecular complexity index is 846. The molecule has 25 heavy (non-hydrogen) atoms. The normalized spacial score (nSPS) is 21.8. The number of hydrogen-bond acceptors (Lipinski definition) is 4. The summed E-state index contributed by atoms with van der Waals surface area (Å²) in [4.78, 5) is 27.2. The van der Waals surface area contributed by atoms with Crippen molar-refractivity contribution < 1.29 is 14.3 Å². The van der Waals surface area contributed by atoms with Crippen molar-refractivity contribution in [3.63, 3.8) is 0 Å². The molecule has 1 aromatic carbocycles. The first-order valence-electron chi connectivity index (χ1n) is 8.51. The number of pyridine rings is 1. The molecule has 1 saturated heterocycles. The second kappa shape index (κ2) is 6.37. The van der Waals surface area contributed by atoms with Gasteiger partial charge in [-0.25, -0.2) is 0 Å². The highest BCUT2D eigenvalue weighted by molar-refractivity contribution is 5.96. The van der Waals surface area contributed by atoms with Crippen molar-refractivity contribution in [2.45, 2.75) is 25.6 Å². The van der Waals surface area contributed by atoms with Gasteiger partial charge in [0.25, 0.3) is 5.91 Å². The van der Waals surface area contributed by atoms with Crippen LogP contribution in [-0.2, 0) is 11.3 Å². The topological polar surface area (TPSA) is 60.8 Å². The number of fused-ring (bicyclic) bond motifs is 3. The maximum absolute atomic E-state index is 13.0. The van der Waals surface area contributed by atoms with E-state index >= 15 is 0 Å². The lowest BCUT2D eigenvalue weighted by atomic mass is 10.0. The van der Waals surface area contributed by atoms with Gasteiger partial charge in [0.1, 0.15) is 6.61 Å². The molecule has 2 aromatic rings. The van der Waals surface area contributed by atoms with E-state index in [4.69, 9.17) is 9.47 Å². The third kappa shape index (κ3) is 2.62. The molecule has 6 nitrogen and oxygen atoms in total. The number of hydrogen-bond donors (Lipinski definition) is 0. The maximum Gasteiger partial charge on any atom is 0.274 e. The van der Waals surface area contributed by atoms with Crippen LogP contribution in [0.5, 0.6) is 5.75 Å². The van der Waals surface area contributed by atoms with Crippen molar-refractivity contribution in [3.05, 3.63) is 64.1 Å². The van der Waals surface area contributed by atoms with E-state index < -0.39 is 0 Å². The van der Waals surface area contributed by atoms with Gasteiger partial charge < -0.3 is 18.9 Å². The molecule has 0 spiro atoms. The number of nitrogens with zero attached hydrogens (tertiary/aromatic N) is 2. The summed E-state index contributed by atoms with van der Waals surface area (Å²) in [5, 5.41) is 0. The van der Waals surface area contributed by atoms with Crippen LogP contribution in [0.1, 0.15) is 29.0 Å². The summed E-state index contributed by atoms with van der Waals surface area (Å²) in [6.07, 6.45) is 1.68.